The lowest BCUT2D eigenvalue weighted by atomic mass is 9.86. The quantitative estimate of drug-likeness (QED) is 0.385. The van der Waals surface area contributed by atoms with Crippen molar-refractivity contribution in [3.63, 3.8) is 0 Å². The van der Waals surface area contributed by atoms with E-state index in [4.69, 9.17) is 13.6 Å². The second-order valence-corrected chi connectivity index (χ2v) is 18.0. The van der Waals surface area contributed by atoms with Gasteiger partial charge in [0.1, 0.15) is 6.61 Å². The largest absolute Gasteiger partial charge is 0.462 e. The first-order chi connectivity index (χ1) is 12.5. The van der Waals surface area contributed by atoms with Crippen molar-refractivity contribution in [1.29, 1.82) is 0 Å². The minimum absolute atomic E-state index is 0.0435. The Kier molecular flexibility index (Phi) is 8.52. The Balaban J connectivity index is 3.06. The summed E-state index contributed by atoms with van der Waals surface area (Å²) in [6.07, 6.45) is 3.68. The van der Waals surface area contributed by atoms with E-state index in [1.165, 1.54) is 6.92 Å². The molecule has 1 rings (SSSR count). The third kappa shape index (κ3) is 7.28. The van der Waals surface area contributed by atoms with E-state index in [-0.39, 0.29) is 34.9 Å². The summed E-state index contributed by atoms with van der Waals surface area (Å²) in [5, 5.41) is 0.310. The van der Waals surface area contributed by atoms with Crippen LogP contribution in [0.15, 0.2) is 23.8 Å². The molecule has 161 valence electrons. The van der Waals surface area contributed by atoms with Gasteiger partial charge in [-0.05, 0) is 53.4 Å². The molecule has 1 fully saturated rings. The number of ether oxygens (including phenoxy) is 1. The first-order valence-electron chi connectivity index (χ1n) is 10.2. The molecular formula is C22H41O4Si2. The molecule has 0 aromatic carbocycles. The Bertz CT molecular complexity index is 597. The fourth-order valence-electron chi connectivity index (χ4n) is 2.69. The normalized spacial score (nSPS) is 23.4. The van der Waals surface area contributed by atoms with Crippen LogP contribution in [0.3, 0.4) is 0 Å². The van der Waals surface area contributed by atoms with Crippen molar-refractivity contribution < 1.29 is 18.4 Å². The standard InChI is InChI=1S/C22H41O4Si2/c1-16-18(12-13-24-17(2)23)14-19(25-27(9)21(3,4)5)15-20(16)26-28(10,11)22(6,7)8/h12,19-20H,1,13-15H2,2-11H3/b18-12-/t19-,20-/m0/s1. The topological polar surface area (TPSA) is 44.8 Å². The van der Waals surface area contributed by atoms with E-state index < -0.39 is 17.4 Å². The van der Waals surface area contributed by atoms with E-state index in [0.29, 0.717) is 0 Å². The average molecular weight is 426 g/mol. The van der Waals surface area contributed by atoms with Crippen molar-refractivity contribution in [3.8, 4) is 0 Å². The molecule has 4 nitrogen and oxygen atoms in total. The smallest absolute Gasteiger partial charge is 0.302 e. The molecule has 0 aromatic rings. The monoisotopic (exact) mass is 425 g/mol. The second kappa shape index (κ2) is 9.41. The lowest BCUT2D eigenvalue weighted by molar-refractivity contribution is -0.139. The highest BCUT2D eigenvalue weighted by Crippen LogP contribution is 2.42. The fourth-order valence-corrected chi connectivity index (χ4v) is 5.03. The minimum atomic E-state index is -1.94. The molecule has 1 aliphatic rings. The highest BCUT2D eigenvalue weighted by atomic mass is 28.4. The molecular weight excluding hydrogens is 384 g/mol. The van der Waals surface area contributed by atoms with Gasteiger partial charge in [0.25, 0.3) is 0 Å². The van der Waals surface area contributed by atoms with Gasteiger partial charge in [-0.2, -0.15) is 0 Å². The summed E-state index contributed by atoms with van der Waals surface area (Å²) in [7, 11) is -2.90. The van der Waals surface area contributed by atoms with Gasteiger partial charge in [-0.3, -0.25) is 4.79 Å². The van der Waals surface area contributed by atoms with Gasteiger partial charge in [0, 0.05) is 13.3 Å². The molecule has 0 aromatic heterocycles. The van der Waals surface area contributed by atoms with E-state index in [1.807, 2.05) is 6.08 Å². The van der Waals surface area contributed by atoms with Crippen molar-refractivity contribution in [3.05, 3.63) is 23.8 Å². The minimum Gasteiger partial charge on any atom is -0.462 e. The van der Waals surface area contributed by atoms with Gasteiger partial charge in [-0.1, -0.05) is 48.1 Å². The number of carbonyl (C=O) groups excluding carboxylic acids is 1. The first-order valence-corrected chi connectivity index (χ1v) is 15.1. The summed E-state index contributed by atoms with van der Waals surface area (Å²) < 4.78 is 18.4. The predicted octanol–water partition coefficient (Wildman–Crippen LogP) is 6.02. The summed E-state index contributed by atoms with van der Waals surface area (Å²) in [5.41, 5.74) is 2.11. The second-order valence-electron chi connectivity index (χ2n) is 10.4. The lowest BCUT2D eigenvalue weighted by Gasteiger charge is -2.43. The van der Waals surface area contributed by atoms with Crippen LogP contribution < -0.4 is 0 Å². The summed E-state index contributed by atoms with van der Waals surface area (Å²) in [5.74, 6) is -0.271. The first kappa shape index (κ1) is 25.3. The summed E-state index contributed by atoms with van der Waals surface area (Å²) in [4.78, 5) is 11.1. The number of hydrogen-bond acceptors (Lipinski definition) is 4. The molecule has 0 amide bonds. The van der Waals surface area contributed by atoms with Gasteiger partial charge >= 0.3 is 5.97 Å². The predicted molar refractivity (Wildman–Crippen MR) is 121 cm³/mol. The Morgan fingerprint density at radius 2 is 1.82 bits per heavy atom. The molecule has 0 bridgehead atoms. The van der Waals surface area contributed by atoms with E-state index in [9.17, 15) is 4.79 Å². The van der Waals surface area contributed by atoms with Gasteiger partial charge in [0.2, 0.25) is 9.04 Å². The molecule has 1 radical (unpaired) electrons. The summed E-state index contributed by atoms with van der Waals surface area (Å²) >= 11 is 0. The number of carbonyl (C=O) groups is 1. The third-order valence-corrected chi connectivity index (χ3v) is 13.3. The van der Waals surface area contributed by atoms with Gasteiger partial charge in [0.15, 0.2) is 8.32 Å². The van der Waals surface area contributed by atoms with E-state index in [1.54, 1.807) is 0 Å². The van der Waals surface area contributed by atoms with Crippen LogP contribution in [0.5, 0.6) is 0 Å². The molecule has 6 heteroatoms. The highest BCUT2D eigenvalue weighted by molar-refractivity contribution is 6.74. The molecule has 0 aliphatic heterocycles. The van der Waals surface area contributed by atoms with Crippen molar-refractivity contribution >= 4 is 23.3 Å². The Hall–Kier alpha value is -0.696. The molecule has 1 saturated carbocycles. The summed E-state index contributed by atoms with van der Waals surface area (Å²) in [6, 6.07) is 0. The average Bonchev–Trinajstić information content (AvgIpc) is 2.48. The molecule has 0 heterocycles. The van der Waals surface area contributed by atoms with Gasteiger partial charge in [-0.15, -0.1) is 0 Å². The van der Waals surface area contributed by atoms with Crippen LogP contribution in [-0.2, 0) is 18.4 Å². The zero-order chi connectivity index (χ0) is 21.9. The van der Waals surface area contributed by atoms with Crippen LogP contribution in [0.1, 0.15) is 61.3 Å². The van der Waals surface area contributed by atoms with Gasteiger partial charge < -0.3 is 13.6 Å². The van der Waals surface area contributed by atoms with Crippen LogP contribution in [0.2, 0.25) is 29.7 Å². The molecule has 0 spiro atoms. The summed E-state index contributed by atoms with van der Waals surface area (Å²) in [6.45, 7) is 26.3. The zero-order valence-corrected chi connectivity index (χ0v) is 21.7. The van der Waals surface area contributed by atoms with Crippen LogP contribution in [0.25, 0.3) is 0 Å². The van der Waals surface area contributed by atoms with Crippen molar-refractivity contribution in [2.24, 2.45) is 0 Å². The van der Waals surface area contributed by atoms with Crippen molar-refractivity contribution in [1.82, 2.24) is 0 Å². The number of rotatable bonds is 6. The third-order valence-electron chi connectivity index (χ3n) is 5.98. The molecule has 1 aliphatic carbocycles. The molecule has 0 N–H and O–H groups in total. The lowest BCUT2D eigenvalue weighted by Crippen LogP contribution is -2.47. The van der Waals surface area contributed by atoms with E-state index in [0.717, 1.165) is 24.0 Å². The van der Waals surface area contributed by atoms with Crippen LogP contribution in [0, 0.1) is 0 Å². The van der Waals surface area contributed by atoms with Gasteiger partial charge in [0.05, 0.1) is 12.2 Å². The Labute approximate surface area is 175 Å². The van der Waals surface area contributed by atoms with E-state index >= 15 is 0 Å². The molecule has 0 unspecified atom stereocenters. The molecule has 2 atom stereocenters. The van der Waals surface area contributed by atoms with Crippen molar-refractivity contribution in [2.45, 2.75) is 103 Å². The maximum atomic E-state index is 11.1. The van der Waals surface area contributed by atoms with Crippen LogP contribution in [-0.4, -0.2) is 42.1 Å². The number of esters is 1. The SMILES string of the molecule is C=C1/C(=C\COC(C)=O)C[C@H](O[Si](C)C(C)(C)C)C[C@@H]1O[Si](C)(C)C(C)(C)C. The zero-order valence-electron chi connectivity index (χ0n) is 19.7. The van der Waals surface area contributed by atoms with Gasteiger partial charge in [-0.25, -0.2) is 0 Å². The van der Waals surface area contributed by atoms with E-state index in [2.05, 4.69) is 67.8 Å². The molecule has 0 saturated heterocycles. The highest BCUT2D eigenvalue weighted by Gasteiger charge is 2.42. The van der Waals surface area contributed by atoms with Crippen LogP contribution in [0.4, 0.5) is 0 Å². The maximum absolute atomic E-state index is 11.1. The fraction of sp³-hybridized carbons (Fsp3) is 0.773. The van der Waals surface area contributed by atoms with Crippen molar-refractivity contribution in [2.75, 3.05) is 6.61 Å². The Morgan fingerprint density at radius 3 is 2.29 bits per heavy atom. The number of hydrogen-bond donors (Lipinski definition) is 0. The molecule has 28 heavy (non-hydrogen) atoms. The van der Waals surface area contributed by atoms with Crippen LogP contribution >= 0.6 is 0 Å². The maximum Gasteiger partial charge on any atom is 0.302 e. The Morgan fingerprint density at radius 1 is 1.25 bits per heavy atom.